The zero-order valence-corrected chi connectivity index (χ0v) is 37.5. The van der Waals surface area contributed by atoms with Crippen molar-refractivity contribution in [3.63, 3.8) is 0 Å². The van der Waals surface area contributed by atoms with Gasteiger partial charge in [0.2, 0.25) is 0 Å². The van der Waals surface area contributed by atoms with Gasteiger partial charge in [0.25, 0.3) is 0 Å². The lowest BCUT2D eigenvalue weighted by atomic mass is 9.88. The van der Waals surface area contributed by atoms with Crippen molar-refractivity contribution in [3.8, 4) is 33.8 Å². The average Bonchev–Trinajstić information content (AvgIpc) is 3.28. The minimum atomic E-state index is 0.735. The first-order valence-corrected chi connectivity index (χ1v) is 24.3. The van der Waals surface area contributed by atoms with Crippen LogP contribution in [0.1, 0.15) is 159 Å². The number of unbranched alkanes of at least 4 members (excludes halogenated alkanes) is 8. The van der Waals surface area contributed by atoms with Crippen LogP contribution in [0.3, 0.4) is 0 Å². The summed E-state index contributed by atoms with van der Waals surface area (Å²) < 4.78 is 12.9. The van der Waals surface area contributed by atoms with Gasteiger partial charge in [-0.05, 0) is 144 Å². The smallest absolute Gasteiger partial charge is 0.127 e. The zero-order valence-electron chi connectivity index (χ0n) is 37.5. The maximum absolute atomic E-state index is 6.55. The highest BCUT2D eigenvalue weighted by molar-refractivity contribution is 6.08. The first kappa shape index (κ1) is 45.7. The molecule has 0 amide bonds. The van der Waals surface area contributed by atoms with Crippen molar-refractivity contribution in [2.75, 3.05) is 13.2 Å². The molecule has 0 radical (unpaired) electrons. The molecule has 0 unspecified atom stereocenters. The molecule has 0 fully saturated rings. The summed E-state index contributed by atoms with van der Waals surface area (Å²) in [6.45, 7) is 9.22. The summed E-state index contributed by atoms with van der Waals surface area (Å²) in [6, 6.07) is 31.7. The van der Waals surface area contributed by atoms with E-state index in [-0.39, 0.29) is 0 Å². The molecule has 2 heteroatoms. The van der Waals surface area contributed by atoms with Crippen LogP contribution in [-0.4, -0.2) is 13.2 Å². The molecule has 0 aliphatic heterocycles. The summed E-state index contributed by atoms with van der Waals surface area (Å²) in [5.41, 5.74) is 7.44. The van der Waals surface area contributed by atoms with Gasteiger partial charge < -0.3 is 9.47 Å². The molecule has 6 bridgehead atoms. The summed E-state index contributed by atoms with van der Waals surface area (Å²) in [7, 11) is 0. The number of rotatable bonds is 18. The van der Waals surface area contributed by atoms with Gasteiger partial charge in [-0.1, -0.05) is 175 Å². The Morgan fingerprint density at radius 3 is 1.57 bits per heavy atom. The SMILES string of the molecule is C=CCCCCCCOc1cccc(-c2ccc3cc4c5c(-c6ccccc6OCCCCCCC=C)ccc4cc3c2/C=C\CCCCCCCCCCCCC/C=C\5)c1. The van der Waals surface area contributed by atoms with Crippen LogP contribution in [0, 0.1) is 0 Å². The van der Waals surface area contributed by atoms with Crippen LogP contribution in [0.5, 0.6) is 11.5 Å². The van der Waals surface area contributed by atoms with Crippen molar-refractivity contribution in [2.24, 2.45) is 0 Å². The van der Waals surface area contributed by atoms with Crippen molar-refractivity contribution in [2.45, 2.75) is 148 Å². The molecule has 2 aliphatic rings. The van der Waals surface area contributed by atoms with Crippen molar-refractivity contribution < 1.29 is 9.47 Å². The van der Waals surface area contributed by atoms with Crippen molar-refractivity contribution >= 4 is 33.7 Å². The van der Waals surface area contributed by atoms with E-state index in [9.17, 15) is 0 Å². The molecular formula is C59H74O2. The Morgan fingerprint density at radius 1 is 0.443 bits per heavy atom. The van der Waals surface area contributed by atoms with E-state index in [2.05, 4.69) is 122 Å². The van der Waals surface area contributed by atoms with Crippen LogP contribution in [-0.2, 0) is 0 Å². The predicted octanol–water partition coefficient (Wildman–Crippen LogP) is 18.5. The third-order valence-corrected chi connectivity index (χ3v) is 12.5. The van der Waals surface area contributed by atoms with E-state index in [0.29, 0.717) is 0 Å². The van der Waals surface area contributed by atoms with E-state index in [1.807, 2.05) is 12.2 Å². The molecule has 0 N–H and O–H groups in total. The molecule has 5 aromatic carbocycles. The number of allylic oxidation sites excluding steroid dienone is 4. The van der Waals surface area contributed by atoms with Crippen LogP contribution in [0.2, 0.25) is 0 Å². The molecule has 7 rings (SSSR count). The predicted molar refractivity (Wildman–Crippen MR) is 268 cm³/mol. The third kappa shape index (κ3) is 14.4. The highest BCUT2D eigenvalue weighted by Crippen LogP contribution is 2.41. The average molecular weight is 815 g/mol. The third-order valence-electron chi connectivity index (χ3n) is 12.5. The number of benzene rings is 5. The number of ether oxygens (including phenoxy) is 2. The molecule has 61 heavy (non-hydrogen) atoms. The summed E-state index contributed by atoms with van der Waals surface area (Å²) in [5.74, 6) is 1.92. The van der Waals surface area contributed by atoms with Crippen molar-refractivity contribution in [1.29, 1.82) is 0 Å². The van der Waals surface area contributed by atoms with Gasteiger partial charge in [0.1, 0.15) is 11.5 Å². The molecule has 5 aromatic rings. The van der Waals surface area contributed by atoms with Gasteiger partial charge >= 0.3 is 0 Å². The van der Waals surface area contributed by atoms with Gasteiger partial charge in [-0.2, -0.15) is 0 Å². The number of hydrogen-bond acceptors (Lipinski definition) is 2. The van der Waals surface area contributed by atoms with Crippen LogP contribution in [0.4, 0.5) is 0 Å². The monoisotopic (exact) mass is 815 g/mol. The number of hydrogen-bond donors (Lipinski definition) is 0. The maximum Gasteiger partial charge on any atom is 0.127 e. The first-order valence-electron chi connectivity index (χ1n) is 24.3. The van der Waals surface area contributed by atoms with E-state index in [1.54, 1.807) is 0 Å². The lowest BCUT2D eigenvalue weighted by Gasteiger charge is -2.17. The fourth-order valence-electron chi connectivity index (χ4n) is 8.98. The quantitative estimate of drug-likeness (QED) is 0.0498. The minimum absolute atomic E-state index is 0.735. The molecule has 0 spiro atoms. The van der Waals surface area contributed by atoms with E-state index < -0.39 is 0 Å². The lowest BCUT2D eigenvalue weighted by Crippen LogP contribution is -1.99. The maximum atomic E-state index is 6.55. The molecular weight excluding hydrogens is 741 g/mol. The molecule has 0 atom stereocenters. The van der Waals surface area contributed by atoms with Crippen molar-refractivity contribution in [1.82, 2.24) is 0 Å². The van der Waals surface area contributed by atoms with E-state index in [1.165, 1.54) is 164 Å². The lowest BCUT2D eigenvalue weighted by molar-refractivity contribution is 0.305. The second-order valence-corrected chi connectivity index (χ2v) is 17.3. The summed E-state index contributed by atoms with van der Waals surface area (Å²) in [5, 5.41) is 5.12. The molecule has 2 aliphatic carbocycles. The molecule has 0 saturated heterocycles. The standard InChI is InChI=1S/C59H74O2/c1-3-5-7-9-24-30-43-60-51-34-32-33-48(45-51)52-41-39-49-47-58-50-40-42-55(56-37-28-29-38-59(56)61-44-31-25-10-8-6-4-2)54(58)36-27-23-21-19-17-15-13-11-12-14-16-18-20-22-26-35-53(52)57(49)46-50/h3-4,26-29,32-42,45-47H,1-2,5-25,30-31,43-44H2/b35-26-,36-27-. The molecule has 322 valence electrons. The van der Waals surface area contributed by atoms with E-state index in [4.69, 9.17) is 9.47 Å². The van der Waals surface area contributed by atoms with Gasteiger partial charge in [-0.3, -0.25) is 0 Å². The second kappa shape index (κ2) is 26.5. The van der Waals surface area contributed by atoms with E-state index >= 15 is 0 Å². The van der Waals surface area contributed by atoms with Gasteiger partial charge in [0, 0.05) is 5.56 Å². The Balaban J connectivity index is 1.36. The van der Waals surface area contributed by atoms with Crippen LogP contribution in [0.25, 0.3) is 56.0 Å². The number of para-hydroxylation sites is 1. The Labute approximate surface area is 369 Å². The Hall–Kier alpha value is -4.82. The van der Waals surface area contributed by atoms with Gasteiger partial charge in [-0.25, -0.2) is 0 Å². The first-order chi connectivity index (χ1) is 30.3. The summed E-state index contributed by atoms with van der Waals surface area (Å²) >= 11 is 0. The van der Waals surface area contributed by atoms with Gasteiger partial charge in [0.15, 0.2) is 0 Å². The Kier molecular flexibility index (Phi) is 19.9. The fraction of sp³-hybridized carbons (Fsp3) is 0.424. The molecule has 2 nitrogen and oxygen atoms in total. The summed E-state index contributed by atoms with van der Waals surface area (Å²) in [6.07, 6.45) is 42.2. The summed E-state index contributed by atoms with van der Waals surface area (Å²) in [4.78, 5) is 0. The molecule has 0 aromatic heterocycles. The highest BCUT2D eigenvalue weighted by atomic mass is 16.5. The topological polar surface area (TPSA) is 18.5 Å². The van der Waals surface area contributed by atoms with E-state index in [0.717, 1.165) is 63.2 Å². The van der Waals surface area contributed by atoms with Gasteiger partial charge in [0.05, 0.1) is 13.2 Å². The number of fused-ring (bicyclic) bond motifs is 14. The van der Waals surface area contributed by atoms with Crippen molar-refractivity contribution in [3.05, 3.63) is 134 Å². The highest BCUT2D eigenvalue weighted by Gasteiger charge is 2.16. The Bertz CT molecular complexity index is 2150. The zero-order chi connectivity index (χ0) is 42.2. The Morgan fingerprint density at radius 2 is 0.967 bits per heavy atom. The molecule has 0 saturated carbocycles. The normalized spacial score (nSPS) is 15.5. The van der Waals surface area contributed by atoms with Crippen LogP contribution >= 0.6 is 0 Å². The van der Waals surface area contributed by atoms with Crippen LogP contribution < -0.4 is 9.47 Å². The largest absolute Gasteiger partial charge is 0.494 e. The second-order valence-electron chi connectivity index (χ2n) is 17.3. The van der Waals surface area contributed by atoms with Crippen LogP contribution in [0.15, 0.2) is 122 Å². The fourth-order valence-corrected chi connectivity index (χ4v) is 8.98. The molecule has 0 heterocycles. The minimum Gasteiger partial charge on any atom is -0.494 e. The van der Waals surface area contributed by atoms with Gasteiger partial charge in [-0.15, -0.1) is 13.2 Å².